The van der Waals surface area contributed by atoms with Crippen LogP contribution < -0.4 is 5.32 Å². The Labute approximate surface area is 151 Å². The van der Waals surface area contributed by atoms with Gasteiger partial charge < -0.3 is 10.1 Å². The van der Waals surface area contributed by atoms with Gasteiger partial charge in [0, 0.05) is 36.9 Å². The van der Waals surface area contributed by atoms with E-state index in [4.69, 9.17) is 4.74 Å². The summed E-state index contributed by atoms with van der Waals surface area (Å²) in [5.74, 6) is 0.327. The number of hydrogen-bond donors (Lipinski definition) is 1. The molecule has 1 aliphatic rings. The van der Waals surface area contributed by atoms with Gasteiger partial charge in [0.1, 0.15) is 6.10 Å². The molecular formula is C20H18N4O2. The van der Waals surface area contributed by atoms with Gasteiger partial charge in [-0.3, -0.25) is 9.78 Å². The molecule has 1 N–H and O–H groups in total. The van der Waals surface area contributed by atoms with Crippen LogP contribution in [0, 0.1) is 0 Å². The van der Waals surface area contributed by atoms with Gasteiger partial charge in [0.25, 0.3) is 5.91 Å². The van der Waals surface area contributed by atoms with Crippen LogP contribution in [0.15, 0.2) is 61.2 Å². The van der Waals surface area contributed by atoms with Crippen molar-refractivity contribution in [2.75, 3.05) is 13.2 Å². The molecule has 0 fully saturated rings. The number of ether oxygens (including phenoxy) is 1. The molecule has 0 bridgehead atoms. The highest BCUT2D eigenvalue weighted by Gasteiger charge is 2.21. The van der Waals surface area contributed by atoms with Crippen molar-refractivity contribution >= 4 is 5.91 Å². The number of pyridine rings is 1. The summed E-state index contributed by atoms with van der Waals surface area (Å²) in [5, 5.41) is 2.91. The molecule has 6 heteroatoms. The van der Waals surface area contributed by atoms with Crippen molar-refractivity contribution < 1.29 is 9.53 Å². The molecule has 0 saturated carbocycles. The van der Waals surface area contributed by atoms with E-state index in [9.17, 15) is 4.79 Å². The predicted molar refractivity (Wildman–Crippen MR) is 96.4 cm³/mol. The Morgan fingerprint density at radius 2 is 1.96 bits per heavy atom. The van der Waals surface area contributed by atoms with Gasteiger partial charge in [0.15, 0.2) is 5.82 Å². The van der Waals surface area contributed by atoms with E-state index >= 15 is 0 Å². The molecule has 6 nitrogen and oxygen atoms in total. The Bertz CT molecular complexity index is 897. The average Bonchev–Trinajstić information content (AvgIpc) is 2.73. The fraction of sp³-hybridized carbons (Fsp3) is 0.200. The lowest BCUT2D eigenvalue weighted by atomic mass is 9.97. The van der Waals surface area contributed by atoms with E-state index in [0.29, 0.717) is 24.5 Å². The molecule has 130 valence electrons. The summed E-state index contributed by atoms with van der Waals surface area (Å²) in [6.45, 7) is 1.08. The zero-order chi connectivity index (χ0) is 17.8. The minimum Gasteiger partial charge on any atom is -0.371 e. The van der Waals surface area contributed by atoms with Crippen molar-refractivity contribution in [2.45, 2.75) is 12.5 Å². The van der Waals surface area contributed by atoms with Crippen LogP contribution in [0.5, 0.6) is 0 Å². The third kappa shape index (κ3) is 3.45. The van der Waals surface area contributed by atoms with Crippen LogP contribution >= 0.6 is 0 Å². The van der Waals surface area contributed by atoms with Crippen LogP contribution in [0.2, 0.25) is 0 Å². The molecule has 3 heterocycles. The Hall–Kier alpha value is -3.12. The molecule has 1 aliphatic heterocycles. The van der Waals surface area contributed by atoms with Gasteiger partial charge in [-0.2, -0.15) is 0 Å². The first-order valence-electron chi connectivity index (χ1n) is 8.51. The summed E-state index contributed by atoms with van der Waals surface area (Å²) in [6, 6.07) is 11.9. The monoisotopic (exact) mass is 346 g/mol. The molecule has 26 heavy (non-hydrogen) atoms. The number of amides is 1. The average molecular weight is 346 g/mol. The molecule has 1 amide bonds. The standard InChI is InChI=1S/C20H18N4O2/c25-20(16-11-22-19(23-12-16)15-5-3-8-21-10-15)24-13-18-17-6-2-1-4-14(17)7-9-26-18/h1-6,8,10-12,18H,7,9,13H2,(H,24,25). The third-order valence-corrected chi connectivity index (χ3v) is 4.37. The number of rotatable bonds is 4. The topological polar surface area (TPSA) is 77.0 Å². The maximum absolute atomic E-state index is 12.4. The van der Waals surface area contributed by atoms with Gasteiger partial charge in [0.05, 0.1) is 12.2 Å². The fourth-order valence-corrected chi connectivity index (χ4v) is 3.02. The second-order valence-corrected chi connectivity index (χ2v) is 6.06. The molecule has 0 saturated heterocycles. The minimum absolute atomic E-state index is 0.125. The summed E-state index contributed by atoms with van der Waals surface area (Å²) in [7, 11) is 0. The zero-order valence-corrected chi connectivity index (χ0v) is 14.1. The maximum atomic E-state index is 12.4. The van der Waals surface area contributed by atoms with E-state index in [1.165, 1.54) is 18.0 Å². The smallest absolute Gasteiger partial charge is 0.254 e. The molecule has 1 atom stereocenters. The summed E-state index contributed by atoms with van der Waals surface area (Å²) in [5.41, 5.74) is 3.65. The summed E-state index contributed by atoms with van der Waals surface area (Å²) in [6.07, 6.45) is 7.22. The number of nitrogens with one attached hydrogen (secondary N) is 1. The van der Waals surface area contributed by atoms with E-state index in [2.05, 4.69) is 32.4 Å². The van der Waals surface area contributed by atoms with Gasteiger partial charge in [-0.25, -0.2) is 9.97 Å². The van der Waals surface area contributed by atoms with Crippen molar-refractivity contribution in [2.24, 2.45) is 0 Å². The van der Waals surface area contributed by atoms with E-state index in [1.807, 2.05) is 24.3 Å². The number of nitrogens with zero attached hydrogens (tertiary/aromatic N) is 3. The lowest BCUT2D eigenvalue weighted by Crippen LogP contribution is -2.32. The Kier molecular flexibility index (Phi) is 4.66. The van der Waals surface area contributed by atoms with Crippen LogP contribution in [0.4, 0.5) is 0 Å². The van der Waals surface area contributed by atoms with Crippen LogP contribution in [-0.4, -0.2) is 34.0 Å². The highest BCUT2D eigenvalue weighted by atomic mass is 16.5. The van der Waals surface area contributed by atoms with E-state index in [0.717, 1.165) is 17.5 Å². The van der Waals surface area contributed by atoms with E-state index < -0.39 is 0 Å². The third-order valence-electron chi connectivity index (χ3n) is 4.37. The zero-order valence-electron chi connectivity index (χ0n) is 14.1. The first-order valence-corrected chi connectivity index (χ1v) is 8.51. The fourth-order valence-electron chi connectivity index (χ4n) is 3.02. The molecule has 0 spiro atoms. The van der Waals surface area contributed by atoms with Crippen molar-refractivity contribution in [3.8, 4) is 11.4 Å². The Balaban J connectivity index is 1.41. The number of hydrogen-bond acceptors (Lipinski definition) is 5. The molecule has 0 aliphatic carbocycles. The molecule has 4 rings (SSSR count). The molecular weight excluding hydrogens is 328 g/mol. The van der Waals surface area contributed by atoms with Crippen molar-refractivity contribution in [1.29, 1.82) is 0 Å². The Morgan fingerprint density at radius 3 is 2.77 bits per heavy atom. The molecule has 1 aromatic carbocycles. The number of fused-ring (bicyclic) bond motifs is 1. The second kappa shape index (κ2) is 7.41. The predicted octanol–water partition coefficient (Wildman–Crippen LogP) is 2.58. The van der Waals surface area contributed by atoms with E-state index in [1.54, 1.807) is 12.4 Å². The lowest BCUT2D eigenvalue weighted by molar-refractivity contribution is 0.0411. The first kappa shape index (κ1) is 16.4. The van der Waals surface area contributed by atoms with Crippen LogP contribution in [0.25, 0.3) is 11.4 Å². The molecule has 1 unspecified atom stereocenters. The quantitative estimate of drug-likeness (QED) is 0.786. The van der Waals surface area contributed by atoms with Gasteiger partial charge >= 0.3 is 0 Å². The van der Waals surface area contributed by atoms with Crippen molar-refractivity contribution in [1.82, 2.24) is 20.3 Å². The maximum Gasteiger partial charge on any atom is 0.254 e. The molecule has 0 radical (unpaired) electrons. The van der Waals surface area contributed by atoms with Crippen LogP contribution in [0.1, 0.15) is 27.6 Å². The molecule has 2 aromatic heterocycles. The van der Waals surface area contributed by atoms with Crippen LogP contribution in [0.3, 0.4) is 0 Å². The summed E-state index contributed by atoms with van der Waals surface area (Å²) >= 11 is 0. The first-order chi connectivity index (χ1) is 12.8. The largest absolute Gasteiger partial charge is 0.371 e. The second-order valence-electron chi connectivity index (χ2n) is 6.06. The number of carbonyl (C=O) groups is 1. The van der Waals surface area contributed by atoms with Gasteiger partial charge in [-0.15, -0.1) is 0 Å². The van der Waals surface area contributed by atoms with Gasteiger partial charge in [-0.1, -0.05) is 24.3 Å². The van der Waals surface area contributed by atoms with Crippen molar-refractivity contribution in [3.63, 3.8) is 0 Å². The number of carbonyl (C=O) groups excluding carboxylic acids is 1. The minimum atomic E-state index is -0.214. The Morgan fingerprint density at radius 1 is 1.12 bits per heavy atom. The van der Waals surface area contributed by atoms with Crippen LogP contribution in [-0.2, 0) is 11.2 Å². The summed E-state index contributed by atoms with van der Waals surface area (Å²) in [4.78, 5) is 24.9. The van der Waals surface area contributed by atoms with E-state index in [-0.39, 0.29) is 12.0 Å². The highest BCUT2D eigenvalue weighted by molar-refractivity contribution is 5.93. The number of aromatic nitrogens is 3. The van der Waals surface area contributed by atoms with Gasteiger partial charge in [-0.05, 0) is 29.7 Å². The normalized spacial score (nSPS) is 15.9. The SMILES string of the molecule is O=C(NCC1OCCc2ccccc21)c1cnc(-c2cccnc2)nc1. The number of benzene rings is 1. The van der Waals surface area contributed by atoms with Gasteiger partial charge in [0.2, 0.25) is 0 Å². The summed E-state index contributed by atoms with van der Waals surface area (Å²) < 4.78 is 5.81. The highest BCUT2D eigenvalue weighted by Crippen LogP contribution is 2.26. The lowest BCUT2D eigenvalue weighted by Gasteiger charge is -2.26. The molecule has 3 aromatic rings. The van der Waals surface area contributed by atoms with Crippen molar-refractivity contribution in [3.05, 3.63) is 77.9 Å².